The minimum absolute atomic E-state index is 0.241. The third-order valence-electron chi connectivity index (χ3n) is 5.24. The van der Waals surface area contributed by atoms with Gasteiger partial charge in [0.15, 0.2) is 11.5 Å². The summed E-state index contributed by atoms with van der Waals surface area (Å²) in [4.78, 5) is 2.40. The minimum atomic E-state index is 0.241. The Labute approximate surface area is 162 Å². The van der Waals surface area contributed by atoms with E-state index in [4.69, 9.17) is 18.6 Å². The van der Waals surface area contributed by atoms with Gasteiger partial charge in [0, 0.05) is 13.1 Å². The highest BCUT2D eigenvalue weighted by atomic mass is 16.7. The van der Waals surface area contributed by atoms with Crippen LogP contribution in [0.2, 0.25) is 0 Å². The van der Waals surface area contributed by atoms with Crippen molar-refractivity contribution in [3.8, 4) is 28.7 Å². The van der Waals surface area contributed by atoms with E-state index in [1.165, 1.54) is 5.56 Å². The molecule has 3 heterocycles. The number of hydrogen-bond donors (Lipinski definition) is 0. The standard InChI is InChI=1S/C21H21N3O4/c1-25-17-5-3-2-4-16(17)21-23-22-20(28-21)15-8-9-24(12-15)11-14-6-7-18-19(10-14)27-13-26-18/h2-7,10,15H,8-9,11-13H2,1H3/t15-/m0/s1. The molecule has 0 unspecified atom stereocenters. The Bertz CT molecular complexity index is 987. The molecule has 0 aliphatic carbocycles. The van der Waals surface area contributed by atoms with Crippen molar-refractivity contribution in [3.05, 3.63) is 53.9 Å². The average Bonchev–Trinajstić information content (AvgIpc) is 3.48. The van der Waals surface area contributed by atoms with Crippen LogP contribution in [-0.2, 0) is 6.54 Å². The summed E-state index contributed by atoms with van der Waals surface area (Å²) < 4.78 is 22.2. The van der Waals surface area contributed by atoms with E-state index in [0.717, 1.165) is 48.9 Å². The number of fused-ring (bicyclic) bond motifs is 1. The van der Waals surface area contributed by atoms with Crippen LogP contribution in [0.4, 0.5) is 0 Å². The van der Waals surface area contributed by atoms with E-state index in [1.807, 2.05) is 30.3 Å². The van der Waals surface area contributed by atoms with E-state index in [9.17, 15) is 0 Å². The van der Waals surface area contributed by atoms with Gasteiger partial charge in [-0.05, 0) is 42.8 Å². The third kappa shape index (κ3) is 3.18. The van der Waals surface area contributed by atoms with Gasteiger partial charge in [-0.2, -0.15) is 0 Å². The lowest BCUT2D eigenvalue weighted by atomic mass is 10.1. The molecule has 0 saturated carbocycles. The summed E-state index contributed by atoms with van der Waals surface area (Å²) in [6, 6.07) is 13.8. The van der Waals surface area contributed by atoms with Gasteiger partial charge in [0.2, 0.25) is 12.7 Å². The third-order valence-corrected chi connectivity index (χ3v) is 5.24. The smallest absolute Gasteiger partial charge is 0.251 e. The molecule has 3 aromatic rings. The molecule has 0 amide bonds. The summed E-state index contributed by atoms with van der Waals surface area (Å²) in [5, 5.41) is 8.55. The van der Waals surface area contributed by atoms with Crippen molar-refractivity contribution >= 4 is 0 Å². The molecular formula is C21H21N3O4. The van der Waals surface area contributed by atoms with Gasteiger partial charge in [-0.25, -0.2) is 0 Å². The molecule has 0 radical (unpaired) electrons. The van der Waals surface area contributed by atoms with Crippen LogP contribution in [-0.4, -0.2) is 42.1 Å². The van der Waals surface area contributed by atoms with Crippen LogP contribution < -0.4 is 14.2 Å². The van der Waals surface area contributed by atoms with E-state index >= 15 is 0 Å². The Balaban J connectivity index is 1.27. The van der Waals surface area contributed by atoms with Crippen molar-refractivity contribution in [2.24, 2.45) is 0 Å². The molecule has 1 aromatic heterocycles. The topological polar surface area (TPSA) is 69.9 Å². The van der Waals surface area contributed by atoms with Crippen LogP contribution in [0.5, 0.6) is 17.2 Å². The average molecular weight is 379 g/mol. The van der Waals surface area contributed by atoms with Crippen molar-refractivity contribution < 1.29 is 18.6 Å². The number of ether oxygens (including phenoxy) is 3. The van der Waals surface area contributed by atoms with Gasteiger partial charge in [0.1, 0.15) is 5.75 Å². The van der Waals surface area contributed by atoms with E-state index in [-0.39, 0.29) is 5.92 Å². The maximum atomic E-state index is 5.99. The Hall–Kier alpha value is -3.06. The van der Waals surface area contributed by atoms with Crippen LogP contribution in [0.3, 0.4) is 0 Å². The Morgan fingerprint density at radius 1 is 1.11 bits per heavy atom. The van der Waals surface area contributed by atoms with Gasteiger partial charge in [-0.15, -0.1) is 10.2 Å². The van der Waals surface area contributed by atoms with Crippen LogP contribution >= 0.6 is 0 Å². The molecule has 7 heteroatoms. The maximum Gasteiger partial charge on any atom is 0.251 e. The molecule has 0 spiro atoms. The van der Waals surface area contributed by atoms with Gasteiger partial charge in [0.05, 0.1) is 18.6 Å². The molecule has 1 atom stereocenters. The van der Waals surface area contributed by atoms with Crippen molar-refractivity contribution in [2.45, 2.75) is 18.9 Å². The number of rotatable bonds is 5. The SMILES string of the molecule is COc1ccccc1-c1nnc([C@H]2CCN(Cc3ccc4c(c3)OCO4)C2)o1. The van der Waals surface area contributed by atoms with Gasteiger partial charge in [0.25, 0.3) is 5.89 Å². The highest BCUT2D eigenvalue weighted by Gasteiger charge is 2.29. The summed E-state index contributed by atoms with van der Waals surface area (Å²) in [7, 11) is 1.64. The lowest BCUT2D eigenvalue weighted by Gasteiger charge is -2.15. The highest BCUT2D eigenvalue weighted by molar-refractivity contribution is 5.62. The molecule has 5 rings (SSSR count). The molecule has 2 aliphatic heterocycles. The second-order valence-corrected chi connectivity index (χ2v) is 7.05. The Kier molecular flexibility index (Phi) is 4.37. The lowest BCUT2D eigenvalue weighted by molar-refractivity contribution is 0.174. The molecule has 0 N–H and O–H groups in total. The normalized spacial score (nSPS) is 18.5. The molecular weight excluding hydrogens is 358 g/mol. The Morgan fingerprint density at radius 3 is 2.93 bits per heavy atom. The molecule has 28 heavy (non-hydrogen) atoms. The fourth-order valence-electron chi connectivity index (χ4n) is 3.81. The molecule has 7 nitrogen and oxygen atoms in total. The van der Waals surface area contributed by atoms with E-state index in [1.54, 1.807) is 7.11 Å². The van der Waals surface area contributed by atoms with E-state index in [0.29, 0.717) is 18.6 Å². The number of benzene rings is 2. The first kappa shape index (κ1) is 17.1. The fourth-order valence-corrected chi connectivity index (χ4v) is 3.81. The second-order valence-electron chi connectivity index (χ2n) is 7.05. The minimum Gasteiger partial charge on any atom is -0.496 e. The zero-order valence-corrected chi connectivity index (χ0v) is 15.6. The van der Waals surface area contributed by atoms with Crippen molar-refractivity contribution in [2.75, 3.05) is 27.0 Å². The fraction of sp³-hybridized carbons (Fsp3) is 0.333. The first-order valence-corrected chi connectivity index (χ1v) is 9.38. The molecule has 0 bridgehead atoms. The number of likely N-dealkylation sites (tertiary alicyclic amines) is 1. The molecule has 2 aromatic carbocycles. The first-order chi connectivity index (χ1) is 13.8. The quantitative estimate of drug-likeness (QED) is 0.672. The van der Waals surface area contributed by atoms with E-state index in [2.05, 4.69) is 27.2 Å². The van der Waals surface area contributed by atoms with Crippen molar-refractivity contribution in [3.63, 3.8) is 0 Å². The predicted molar refractivity (Wildman–Crippen MR) is 101 cm³/mol. The lowest BCUT2D eigenvalue weighted by Crippen LogP contribution is -2.19. The van der Waals surface area contributed by atoms with Crippen molar-refractivity contribution in [1.82, 2.24) is 15.1 Å². The summed E-state index contributed by atoms with van der Waals surface area (Å²) in [6.45, 7) is 3.05. The van der Waals surface area contributed by atoms with E-state index < -0.39 is 0 Å². The van der Waals surface area contributed by atoms with Gasteiger partial charge in [-0.3, -0.25) is 4.90 Å². The molecule has 2 aliphatic rings. The van der Waals surface area contributed by atoms with Crippen LogP contribution in [0.15, 0.2) is 46.9 Å². The zero-order chi connectivity index (χ0) is 18.9. The first-order valence-electron chi connectivity index (χ1n) is 9.38. The maximum absolute atomic E-state index is 5.99. The molecule has 144 valence electrons. The second kappa shape index (κ2) is 7.16. The number of para-hydroxylation sites is 1. The largest absolute Gasteiger partial charge is 0.496 e. The molecule has 1 fully saturated rings. The van der Waals surface area contributed by atoms with Gasteiger partial charge >= 0.3 is 0 Å². The summed E-state index contributed by atoms with van der Waals surface area (Å²) in [5.41, 5.74) is 2.03. The summed E-state index contributed by atoms with van der Waals surface area (Å²) >= 11 is 0. The predicted octanol–water partition coefficient (Wildman–Crippen LogP) is 3.46. The number of aromatic nitrogens is 2. The highest BCUT2D eigenvalue weighted by Crippen LogP contribution is 2.35. The molecule has 1 saturated heterocycles. The van der Waals surface area contributed by atoms with Crippen LogP contribution in [0.25, 0.3) is 11.5 Å². The van der Waals surface area contributed by atoms with Crippen LogP contribution in [0.1, 0.15) is 23.8 Å². The summed E-state index contributed by atoms with van der Waals surface area (Å²) in [5.74, 6) is 3.80. The van der Waals surface area contributed by atoms with Crippen LogP contribution in [0, 0.1) is 0 Å². The van der Waals surface area contributed by atoms with Gasteiger partial charge < -0.3 is 18.6 Å². The monoisotopic (exact) mass is 379 g/mol. The van der Waals surface area contributed by atoms with Crippen molar-refractivity contribution in [1.29, 1.82) is 0 Å². The number of methoxy groups -OCH3 is 1. The number of hydrogen-bond acceptors (Lipinski definition) is 7. The number of nitrogens with zero attached hydrogens (tertiary/aromatic N) is 3. The Morgan fingerprint density at radius 2 is 2.00 bits per heavy atom. The van der Waals surface area contributed by atoms with Gasteiger partial charge in [-0.1, -0.05) is 18.2 Å². The summed E-state index contributed by atoms with van der Waals surface area (Å²) in [6.07, 6.45) is 0.998. The zero-order valence-electron chi connectivity index (χ0n) is 15.6.